The molecule has 0 unspecified atom stereocenters. The molecule has 1 aromatic rings. The van der Waals surface area contributed by atoms with Crippen LogP contribution in [0.3, 0.4) is 0 Å². The first-order valence-corrected chi connectivity index (χ1v) is 6.69. The summed E-state index contributed by atoms with van der Waals surface area (Å²) in [6.45, 7) is 4.21. The van der Waals surface area contributed by atoms with Gasteiger partial charge in [-0.05, 0) is 63.1 Å². The van der Waals surface area contributed by atoms with Gasteiger partial charge in [-0.15, -0.1) is 0 Å². The van der Waals surface area contributed by atoms with E-state index in [1.165, 1.54) is 19.1 Å². The zero-order chi connectivity index (χ0) is 13.1. The third kappa shape index (κ3) is 2.89. The highest BCUT2D eigenvalue weighted by Gasteiger charge is 2.23. The minimum Gasteiger partial charge on any atom is -0.379 e. The van der Waals surface area contributed by atoms with E-state index in [1.54, 1.807) is 0 Å². The molecule has 0 bridgehead atoms. The van der Waals surface area contributed by atoms with Gasteiger partial charge in [-0.25, -0.2) is 8.78 Å². The molecule has 0 radical (unpaired) electrons. The third-order valence-electron chi connectivity index (χ3n) is 3.85. The highest BCUT2D eigenvalue weighted by Crippen LogP contribution is 2.35. The van der Waals surface area contributed by atoms with E-state index >= 15 is 0 Å². The summed E-state index contributed by atoms with van der Waals surface area (Å²) < 4.78 is 32.6. The first kappa shape index (κ1) is 13.5. The van der Waals surface area contributed by atoms with Gasteiger partial charge in [0.15, 0.2) is 0 Å². The molecule has 1 aliphatic carbocycles. The SMILES string of the molecule is CCOC1CCC(c2cc(F)c(C)c(F)c2)CC1. The summed E-state index contributed by atoms with van der Waals surface area (Å²) in [5, 5.41) is 0. The minimum absolute atomic E-state index is 0.113. The lowest BCUT2D eigenvalue weighted by atomic mass is 9.82. The second kappa shape index (κ2) is 5.79. The molecule has 0 saturated heterocycles. The van der Waals surface area contributed by atoms with Gasteiger partial charge in [-0.2, -0.15) is 0 Å². The van der Waals surface area contributed by atoms with Crippen LogP contribution in [0.2, 0.25) is 0 Å². The first-order chi connectivity index (χ1) is 8.61. The molecule has 1 fully saturated rings. The Labute approximate surface area is 107 Å². The second-order valence-corrected chi connectivity index (χ2v) is 5.04. The molecule has 2 rings (SSSR count). The summed E-state index contributed by atoms with van der Waals surface area (Å²) in [5.74, 6) is -0.597. The number of ether oxygens (including phenoxy) is 1. The maximum atomic E-state index is 13.5. The summed E-state index contributed by atoms with van der Waals surface area (Å²) in [6.07, 6.45) is 4.19. The molecule has 1 nitrogen and oxygen atoms in total. The third-order valence-corrected chi connectivity index (χ3v) is 3.85. The Morgan fingerprint density at radius 1 is 1.11 bits per heavy atom. The van der Waals surface area contributed by atoms with Gasteiger partial charge in [0.25, 0.3) is 0 Å². The van der Waals surface area contributed by atoms with Crippen LogP contribution in [-0.4, -0.2) is 12.7 Å². The van der Waals surface area contributed by atoms with Crippen molar-refractivity contribution < 1.29 is 13.5 Å². The molecule has 0 aromatic heterocycles. The van der Waals surface area contributed by atoms with Crippen molar-refractivity contribution in [2.75, 3.05) is 6.61 Å². The lowest BCUT2D eigenvalue weighted by molar-refractivity contribution is 0.0328. The molecule has 100 valence electrons. The Bertz CT molecular complexity index is 386. The number of benzene rings is 1. The average molecular weight is 254 g/mol. The van der Waals surface area contributed by atoms with Crippen molar-refractivity contribution in [3.8, 4) is 0 Å². The lowest BCUT2D eigenvalue weighted by Gasteiger charge is -2.28. The van der Waals surface area contributed by atoms with Crippen molar-refractivity contribution in [3.63, 3.8) is 0 Å². The fraction of sp³-hybridized carbons (Fsp3) is 0.600. The molecule has 0 amide bonds. The molecule has 0 spiro atoms. The van der Waals surface area contributed by atoms with Crippen LogP contribution in [0.15, 0.2) is 12.1 Å². The molecule has 0 atom stereocenters. The topological polar surface area (TPSA) is 9.23 Å². The van der Waals surface area contributed by atoms with Gasteiger partial charge < -0.3 is 4.74 Å². The summed E-state index contributed by atoms with van der Waals surface area (Å²) in [5.41, 5.74) is 0.910. The van der Waals surface area contributed by atoms with E-state index in [0.717, 1.165) is 37.9 Å². The fourth-order valence-electron chi connectivity index (χ4n) is 2.70. The summed E-state index contributed by atoms with van der Waals surface area (Å²) >= 11 is 0. The molecule has 0 N–H and O–H groups in total. The van der Waals surface area contributed by atoms with E-state index < -0.39 is 11.6 Å². The Balaban J connectivity index is 2.05. The Morgan fingerprint density at radius 3 is 2.17 bits per heavy atom. The maximum Gasteiger partial charge on any atom is 0.129 e. The molecular weight excluding hydrogens is 234 g/mol. The zero-order valence-electron chi connectivity index (χ0n) is 11.0. The van der Waals surface area contributed by atoms with Gasteiger partial charge in [-0.3, -0.25) is 0 Å². The number of halogens is 2. The highest BCUT2D eigenvalue weighted by molar-refractivity contribution is 5.28. The zero-order valence-corrected chi connectivity index (χ0v) is 11.0. The fourth-order valence-corrected chi connectivity index (χ4v) is 2.70. The van der Waals surface area contributed by atoms with Crippen molar-refractivity contribution >= 4 is 0 Å². The largest absolute Gasteiger partial charge is 0.379 e. The van der Waals surface area contributed by atoms with E-state index in [9.17, 15) is 8.78 Å². The molecule has 3 heteroatoms. The van der Waals surface area contributed by atoms with E-state index in [2.05, 4.69) is 0 Å². The van der Waals surface area contributed by atoms with Gasteiger partial charge in [0, 0.05) is 12.2 Å². The van der Waals surface area contributed by atoms with Crippen LogP contribution in [0.5, 0.6) is 0 Å². The Hall–Kier alpha value is -0.960. The van der Waals surface area contributed by atoms with Crippen molar-refractivity contribution in [2.24, 2.45) is 0 Å². The minimum atomic E-state index is -0.433. The van der Waals surface area contributed by atoms with Crippen molar-refractivity contribution in [3.05, 3.63) is 34.9 Å². The number of hydrogen-bond donors (Lipinski definition) is 0. The van der Waals surface area contributed by atoms with Crippen LogP contribution in [0.25, 0.3) is 0 Å². The van der Waals surface area contributed by atoms with Gasteiger partial charge >= 0.3 is 0 Å². The molecule has 18 heavy (non-hydrogen) atoms. The lowest BCUT2D eigenvalue weighted by Crippen LogP contribution is -2.21. The van der Waals surface area contributed by atoms with Crippen LogP contribution in [0.4, 0.5) is 8.78 Å². The van der Waals surface area contributed by atoms with Gasteiger partial charge in [0.1, 0.15) is 11.6 Å². The van der Waals surface area contributed by atoms with Crippen LogP contribution >= 0.6 is 0 Å². The van der Waals surface area contributed by atoms with Crippen molar-refractivity contribution in [2.45, 2.75) is 51.6 Å². The van der Waals surface area contributed by atoms with Gasteiger partial charge in [-0.1, -0.05) is 0 Å². The Morgan fingerprint density at radius 2 is 1.67 bits per heavy atom. The standard InChI is InChI=1S/C15H20F2O/c1-3-18-13-6-4-11(5-7-13)12-8-14(16)10(2)15(17)9-12/h8-9,11,13H,3-7H2,1-2H3. The monoisotopic (exact) mass is 254 g/mol. The van der Waals surface area contributed by atoms with Crippen LogP contribution < -0.4 is 0 Å². The van der Waals surface area contributed by atoms with E-state index in [0.29, 0.717) is 6.10 Å². The van der Waals surface area contributed by atoms with Crippen LogP contribution in [-0.2, 0) is 4.74 Å². The summed E-state index contributed by atoms with van der Waals surface area (Å²) in [4.78, 5) is 0. The predicted octanol–water partition coefficient (Wildman–Crippen LogP) is 4.34. The molecule has 1 aromatic carbocycles. The first-order valence-electron chi connectivity index (χ1n) is 6.69. The van der Waals surface area contributed by atoms with Crippen molar-refractivity contribution in [1.82, 2.24) is 0 Å². The molecule has 1 aliphatic rings. The van der Waals surface area contributed by atoms with Crippen LogP contribution in [0, 0.1) is 18.6 Å². The predicted molar refractivity (Wildman–Crippen MR) is 67.7 cm³/mol. The average Bonchev–Trinajstić information content (AvgIpc) is 2.37. The van der Waals surface area contributed by atoms with Crippen LogP contribution in [0.1, 0.15) is 49.7 Å². The summed E-state index contributed by atoms with van der Waals surface area (Å²) in [7, 11) is 0. The smallest absolute Gasteiger partial charge is 0.129 e. The molecule has 0 heterocycles. The van der Waals surface area contributed by atoms with E-state index in [4.69, 9.17) is 4.74 Å². The molecular formula is C15H20F2O. The molecule has 1 saturated carbocycles. The highest BCUT2D eigenvalue weighted by atomic mass is 19.1. The number of rotatable bonds is 3. The van der Waals surface area contributed by atoms with Gasteiger partial charge in [0.2, 0.25) is 0 Å². The normalized spacial score (nSPS) is 24.2. The Kier molecular flexibility index (Phi) is 4.33. The maximum absolute atomic E-state index is 13.5. The van der Waals surface area contributed by atoms with E-state index in [1.807, 2.05) is 6.92 Å². The molecule has 0 aliphatic heterocycles. The number of hydrogen-bond acceptors (Lipinski definition) is 1. The van der Waals surface area contributed by atoms with Crippen molar-refractivity contribution in [1.29, 1.82) is 0 Å². The van der Waals surface area contributed by atoms with Gasteiger partial charge in [0.05, 0.1) is 6.10 Å². The second-order valence-electron chi connectivity index (χ2n) is 5.04. The summed E-state index contributed by atoms with van der Waals surface area (Å²) in [6, 6.07) is 2.98. The quantitative estimate of drug-likeness (QED) is 0.779. The van der Waals surface area contributed by atoms with E-state index in [-0.39, 0.29) is 11.5 Å².